The summed E-state index contributed by atoms with van der Waals surface area (Å²) in [4.78, 5) is 13.8. The molecule has 0 saturated heterocycles. The highest BCUT2D eigenvalue weighted by atomic mass is 16.7. The van der Waals surface area contributed by atoms with Gasteiger partial charge in [-0.25, -0.2) is 0 Å². The van der Waals surface area contributed by atoms with Gasteiger partial charge in [-0.05, 0) is 32.9 Å². The van der Waals surface area contributed by atoms with E-state index in [1.807, 2.05) is 7.05 Å². The fourth-order valence-corrected chi connectivity index (χ4v) is 1.04. The fourth-order valence-electron chi connectivity index (χ4n) is 1.04. The summed E-state index contributed by atoms with van der Waals surface area (Å²) < 4.78 is 0. The molecular weight excluding hydrogens is 156 g/mol. The zero-order chi connectivity index (χ0) is 9.07. The molecule has 4 heteroatoms. The van der Waals surface area contributed by atoms with Crippen molar-refractivity contribution in [2.45, 2.75) is 32.1 Å². The summed E-state index contributed by atoms with van der Waals surface area (Å²) in [6.45, 7) is 1.56. The molecule has 0 spiro atoms. The van der Waals surface area contributed by atoms with Crippen LogP contribution in [-0.2, 0) is 4.84 Å². The third-order valence-corrected chi connectivity index (χ3v) is 1.72. The molecular formula is C8H18N2O2. The number of unbranched alkanes of at least 4 members (excludes halogenated alkanes) is 4. The van der Waals surface area contributed by atoms with E-state index in [-0.39, 0.29) is 0 Å². The molecule has 4 nitrogen and oxygen atoms in total. The van der Waals surface area contributed by atoms with Gasteiger partial charge in [0.15, 0.2) is 5.34 Å². The standard InChI is InChI=1S/C8H18N2O2/c1-9-7-5-3-2-4-6-8-12-10-11/h9H,2-8H2,1H3. The van der Waals surface area contributed by atoms with E-state index in [0.717, 1.165) is 19.4 Å². The lowest BCUT2D eigenvalue weighted by Gasteiger charge is -1.99. The second kappa shape index (κ2) is 10.4. The van der Waals surface area contributed by atoms with Gasteiger partial charge in [0.2, 0.25) is 0 Å². The number of hydrogen-bond donors (Lipinski definition) is 1. The Kier molecular flexibility index (Phi) is 9.81. The lowest BCUT2D eigenvalue weighted by atomic mass is 10.1. The minimum Gasteiger partial charge on any atom is -0.364 e. The fraction of sp³-hybridized carbons (Fsp3) is 1.00. The van der Waals surface area contributed by atoms with Crippen molar-refractivity contribution in [3.05, 3.63) is 4.91 Å². The van der Waals surface area contributed by atoms with Crippen molar-refractivity contribution in [2.75, 3.05) is 20.2 Å². The molecule has 0 unspecified atom stereocenters. The number of nitrogens with zero attached hydrogens (tertiary/aromatic N) is 1. The Hall–Kier alpha value is -0.640. The summed E-state index contributed by atoms with van der Waals surface area (Å²) in [6.07, 6.45) is 5.74. The van der Waals surface area contributed by atoms with E-state index in [0.29, 0.717) is 6.61 Å². The summed E-state index contributed by atoms with van der Waals surface area (Å²) in [6, 6.07) is 0. The quantitative estimate of drug-likeness (QED) is 0.330. The molecule has 0 saturated carbocycles. The molecule has 0 aromatic heterocycles. The molecule has 0 bridgehead atoms. The normalized spacial score (nSPS) is 9.75. The Bertz CT molecular complexity index is 99.1. The molecule has 72 valence electrons. The zero-order valence-corrected chi connectivity index (χ0v) is 7.71. The van der Waals surface area contributed by atoms with Crippen LogP contribution in [0.15, 0.2) is 5.34 Å². The molecule has 0 aliphatic rings. The Morgan fingerprint density at radius 2 is 1.83 bits per heavy atom. The van der Waals surface area contributed by atoms with E-state index in [2.05, 4.69) is 15.5 Å². The highest BCUT2D eigenvalue weighted by Gasteiger charge is 1.90. The predicted octanol–water partition coefficient (Wildman–Crippen LogP) is 1.85. The topological polar surface area (TPSA) is 50.7 Å². The minimum atomic E-state index is 0.468. The Morgan fingerprint density at radius 3 is 2.50 bits per heavy atom. The average molecular weight is 174 g/mol. The Labute approximate surface area is 73.6 Å². The van der Waals surface area contributed by atoms with Gasteiger partial charge in [0.05, 0.1) is 0 Å². The summed E-state index contributed by atoms with van der Waals surface area (Å²) in [5.41, 5.74) is 0. The van der Waals surface area contributed by atoms with Crippen LogP contribution in [0.2, 0.25) is 0 Å². The van der Waals surface area contributed by atoms with Crippen LogP contribution in [0.1, 0.15) is 32.1 Å². The lowest BCUT2D eigenvalue weighted by molar-refractivity contribution is 0.135. The first-order valence-electron chi connectivity index (χ1n) is 4.51. The van der Waals surface area contributed by atoms with Gasteiger partial charge in [-0.2, -0.15) is 0 Å². The number of nitrogens with one attached hydrogen (secondary N) is 1. The van der Waals surface area contributed by atoms with Crippen molar-refractivity contribution < 1.29 is 4.84 Å². The van der Waals surface area contributed by atoms with Crippen molar-refractivity contribution in [3.63, 3.8) is 0 Å². The highest BCUT2D eigenvalue weighted by molar-refractivity contribution is 4.45. The first-order valence-corrected chi connectivity index (χ1v) is 4.51. The zero-order valence-electron chi connectivity index (χ0n) is 7.71. The smallest absolute Gasteiger partial charge is 0.155 e. The lowest BCUT2D eigenvalue weighted by Crippen LogP contribution is -2.06. The van der Waals surface area contributed by atoms with Crippen LogP contribution in [0, 0.1) is 4.91 Å². The van der Waals surface area contributed by atoms with Crippen LogP contribution in [-0.4, -0.2) is 20.2 Å². The van der Waals surface area contributed by atoms with Crippen LogP contribution in [0.3, 0.4) is 0 Å². The highest BCUT2D eigenvalue weighted by Crippen LogP contribution is 2.02. The molecule has 0 radical (unpaired) electrons. The van der Waals surface area contributed by atoms with Crippen LogP contribution in [0.5, 0.6) is 0 Å². The van der Waals surface area contributed by atoms with Gasteiger partial charge in [0, 0.05) is 0 Å². The first kappa shape index (κ1) is 11.4. The summed E-state index contributed by atoms with van der Waals surface area (Å²) in [5, 5.41) is 5.42. The SMILES string of the molecule is CNCCCCCCCON=O. The largest absolute Gasteiger partial charge is 0.364 e. The van der Waals surface area contributed by atoms with Crippen molar-refractivity contribution >= 4 is 0 Å². The van der Waals surface area contributed by atoms with Gasteiger partial charge >= 0.3 is 0 Å². The molecule has 0 amide bonds. The number of rotatable bonds is 9. The maximum absolute atomic E-state index is 9.50. The van der Waals surface area contributed by atoms with E-state index in [4.69, 9.17) is 0 Å². The number of hydrogen-bond acceptors (Lipinski definition) is 4. The van der Waals surface area contributed by atoms with Gasteiger partial charge in [-0.3, -0.25) is 0 Å². The van der Waals surface area contributed by atoms with Gasteiger partial charge < -0.3 is 10.2 Å². The molecule has 1 N–H and O–H groups in total. The van der Waals surface area contributed by atoms with Gasteiger partial charge in [0.25, 0.3) is 0 Å². The molecule has 0 heterocycles. The van der Waals surface area contributed by atoms with Gasteiger partial charge in [0.1, 0.15) is 6.61 Å². The van der Waals surface area contributed by atoms with Crippen LogP contribution >= 0.6 is 0 Å². The van der Waals surface area contributed by atoms with E-state index >= 15 is 0 Å². The second-order valence-electron chi connectivity index (χ2n) is 2.78. The molecule has 0 fully saturated rings. The maximum Gasteiger partial charge on any atom is 0.155 e. The van der Waals surface area contributed by atoms with Crippen LogP contribution in [0.4, 0.5) is 0 Å². The minimum absolute atomic E-state index is 0.468. The van der Waals surface area contributed by atoms with Gasteiger partial charge in [-0.15, -0.1) is 4.91 Å². The molecule has 0 aromatic rings. The molecule has 12 heavy (non-hydrogen) atoms. The Balaban J connectivity index is 2.77. The average Bonchev–Trinajstić information content (AvgIpc) is 2.10. The van der Waals surface area contributed by atoms with E-state index < -0.39 is 0 Å². The van der Waals surface area contributed by atoms with Crippen molar-refractivity contribution in [3.8, 4) is 0 Å². The summed E-state index contributed by atoms with van der Waals surface area (Å²) in [5.74, 6) is 0. The molecule has 0 atom stereocenters. The van der Waals surface area contributed by atoms with Crippen LogP contribution < -0.4 is 5.32 Å². The third kappa shape index (κ3) is 9.36. The van der Waals surface area contributed by atoms with E-state index in [9.17, 15) is 4.91 Å². The predicted molar refractivity (Wildman–Crippen MR) is 48.8 cm³/mol. The first-order chi connectivity index (χ1) is 5.91. The van der Waals surface area contributed by atoms with Crippen molar-refractivity contribution in [1.29, 1.82) is 0 Å². The second-order valence-corrected chi connectivity index (χ2v) is 2.78. The van der Waals surface area contributed by atoms with E-state index in [1.165, 1.54) is 19.3 Å². The molecule has 0 aliphatic heterocycles. The van der Waals surface area contributed by atoms with Crippen molar-refractivity contribution in [1.82, 2.24) is 5.32 Å². The molecule has 0 aliphatic carbocycles. The van der Waals surface area contributed by atoms with E-state index in [1.54, 1.807) is 0 Å². The third-order valence-electron chi connectivity index (χ3n) is 1.72. The monoisotopic (exact) mass is 174 g/mol. The molecule has 0 aromatic carbocycles. The van der Waals surface area contributed by atoms with Crippen LogP contribution in [0.25, 0.3) is 0 Å². The maximum atomic E-state index is 9.50. The van der Waals surface area contributed by atoms with Gasteiger partial charge in [-0.1, -0.05) is 12.8 Å². The summed E-state index contributed by atoms with van der Waals surface area (Å²) in [7, 11) is 1.96. The summed E-state index contributed by atoms with van der Waals surface area (Å²) >= 11 is 0. The molecule has 0 rings (SSSR count). The van der Waals surface area contributed by atoms with Crippen molar-refractivity contribution in [2.24, 2.45) is 5.34 Å². The Morgan fingerprint density at radius 1 is 1.17 bits per heavy atom.